The van der Waals surface area contributed by atoms with E-state index in [0.29, 0.717) is 22.9 Å². The number of pyridine rings is 1. The average Bonchev–Trinajstić information content (AvgIpc) is 3.89. The molecule has 0 aliphatic carbocycles. The predicted octanol–water partition coefficient (Wildman–Crippen LogP) is 2.88. The molecule has 6 N–H and O–H groups in total. The highest BCUT2D eigenvalue weighted by Crippen LogP contribution is 2.29. The van der Waals surface area contributed by atoms with Crippen LogP contribution in [0.3, 0.4) is 0 Å². The maximum atomic E-state index is 13.2. The SMILES string of the molecule is NCCc1oc2nc1C(=O)NCc1cccc(c1)CNC(=O)c1nc(oc1CCN)-c1coc(n1)-c1cccc(n1)-c1nc-2co1. The lowest BCUT2D eigenvalue weighted by Crippen LogP contribution is -2.26. The molecule has 232 valence electrons. The van der Waals surface area contributed by atoms with Crippen LogP contribution in [0.5, 0.6) is 0 Å². The van der Waals surface area contributed by atoms with Crippen LogP contribution in [0.25, 0.3) is 46.3 Å². The van der Waals surface area contributed by atoms with Gasteiger partial charge in [-0.05, 0) is 36.3 Å². The first-order valence-corrected chi connectivity index (χ1v) is 14.4. The van der Waals surface area contributed by atoms with Gasteiger partial charge in [0.2, 0.25) is 23.6 Å². The maximum absolute atomic E-state index is 13.2. The number of rotatable bonds is 4. The molecule has 0 atom stereocenters. The van der Waals surface area contributed by atoms with Crippen LogP contribution >= 0.6 is 0 Å². The number of carbonyl (C=O) groups excluding carboxylic acids is 2. The lowest BCUT2D eigenvalue weighted by molar-refractivity contribution is 0.0937. The zero-order valence-electron chi connectivity index (χ0n) is 24.3. The summed E-state index contributed by atoms with van der Waals surface area (Å²) in [6.07, 6.45) is 3.32. The molecule has 15 nitrogen and oxygen atoms in total. The van der Waals surface area contributed by atoms with Gasteiger partial charge in [0.25, 0.3) is 11.8 Å². The van der Waals surface area contributed by atoms with Crippen LogP contribution in [0.2, 0.25) is 0 Å². The molecule has 0 fully saturated rings. The van der Waals surface area contributed by atoms with Crippen LogP contribution in [0.15, 0.2) is 72.7 Å². The van der Waals surface area contributed by atoms with Gasteiger partial charge in [0.15, 0.2) is 22.8 Å². The van der Waals surface area contributed by atoms with Crippen molar-refractivity contribution in [3.63, 3.8) is 0 Å². The van der Waals surface area contributed by atoms with Crippen molar-refractivity contribution in [3.8, 4) is 46.3 Å². The molecule has 6 aromatic rings. The van der Waals surface area contributed by atoms with E-state index in [9.17, 15) is 9.59 Å². The van der Waals surface area contributed by atoms with Crippen LogP contribution in [0.1, 0.15) is 43.6 Å². The molecule has 0 saturated carbocycles. The van der Waals surface area contributed by atoms with Gasteiger partial charge in [0.1, 0.15) is 35.4 Å². The van der Waals surface area contributed by atoms with E-state index in [1.807, 2.05) is 24.3 Å². The summed E-state index contributed by atoms with van der Waals surface area (Å²) in [5.74, 6) is 0.327. The van der Waals surface area contributed by atoms with Gasteiger partial charge in [-0.15, -0.1) is 0 Å². The molecule has 12 bridgehead atoms. The molecule has 7 rings (SSSR count). The van der Waals surface area contributed by atoms with Crippen molar-refractivity contribution in [1.29, 1.82) is 0 Å². The summed E-state index contributed by atoms with van der Waals surface area (Å²) in [6.45, 7) is 0.895. The Kier molecular flexibility index (Phi) is 7.66. The van der Waals surface area contributed by atoms with E-state index in [0.717, 1.165) is 11.1 Å². The fourth-order valence-corrected chi connectivity index (χ4v) is 4.91. The molecular weight excluding hydrogens is 594 g/mol. The Hall–Kier alpha value is -5.93. The Morgan fingerprint density at radius 2 is 1.09 bits per heavy atom. The molecule has 0 unspecified atom stereocenters. The molecule has 1 aliphatic rings. The van der Waals surface area contributed by atoms with Gasteiger partial charge in [0.05, 0.1) is 0 Å². The van der Waals surface area contributed by atoms with Gasteiger partial charge in [-0.25, -0.2) is 24.9 Å². The Morgan fingerprint density at radius 3 is 1.57 bits per heavy atom. The maximum Gasteiger partial charge on any atom is 0.273 e. The molecule has 6 heterocycles. The van der Waals surface area contributed by atoms with Crippen molar-refractivity contribution in [2.75, 3.05) is 13.1 Å². The van der Waals surface area contributed by atoms with Crippen molar-refractivity contribution < 1.29 is 27.3 Å². The van der Waals surface area contributed by atoms with Crippen LogP contribution < -0.4 is 22.1 Å². The Bertz CT molecular complexity index is 1920. The van der Waals surface area contributed by atoms with Crippen LogP contribution in [0, 0.1) is 0 Å². The Morgan fingerprint density at radius 1 is 0.609 bits per heavy atom. The van der Waals surface area contributed by atoms with Crippen molar-refractivity contribution in [2.45, 2.75) is 25.9 Å². The van der Waals surface area contributed by atoms with Gasteiger partial charge in [-0.2, -0.15) is 0 Å². The first-order chi connectivity index (χ1) is 22.5. The van der Waals surface area contributed by atoms with Crippen molar-refractivity contribution in [2.24, 2.45) is 11.5 Å². The largest absolute Gasteiger partial charge is 0.442 e. The second kappa shape index (κ2) is 12.2. The van der Waals surface area contributed by atoms with Gasteiger partial charge < -0.3 is 39.8 Å². The third-order valence-corrected chi connectivity index (χ3v) is 7.10. The normalized spacial score (nSPS) is 13.2. The Balaban J connectivity index is 1.29. The molecular formula is C31H27N9O6. The summed E-state index contributed by atoms with van der Waals surface area (Å²) in [6, 6.07) is 12.6. The number of aromatic nitrogens is 5. The monoisotopic (exact) mass is 621 g/mol. The summed E-state index contributed by atoms with van der Waals surface area (Å²) >= 11 is 0. The third kappa shape index (κ3) is 5.67. The number of benzene rings is 1. The molecule has 1 aromatic carbocycles. The summed E-state index contributed by atoms with van der Waals surface area (Å²) in [5.41, 5.74) is 14.7. The van der Waals surface area contributed by atoms with E-state index in [1.54, 1.807) is 18.2 Å². The number of fused-ring (bicyclic) bond motifs is 16. The molecule has 0 saturated heterocycles. The first-order valence-electron chi connectivity index (χ1n) is 14.4. The van der Waals surface area contributed by atoms with Crippen LogP contribution in [-0.4, -0.2) is 49.8 Å². The van der Waals surface area contributed by atoms with Crippen LogP contribution in [-0.2, 0) is 25.9 Å². The third-order valence-electron chi connectivity index (χ3n) is 7.10. The molecule has 5 aromatic heterocycles. The van der Waals surface area contributed by atoms with E-state index in [2.05, 4.69) is 35.6 Å². The first kappa shape index (κ1) is 28.8. The topological polar surface area (TPSA) is 227 Å². The minimum absolute atomic E-state index is 0.1000. The minimum Gasteiger partial charge on any atom is -0.442 e. The van der Waals surface area contributed by atoms with Crippen molar-refractivity contribution >= 4 is 11.8 Å². The second-order valence-corrected chi connectivity index (χ2v) is 10.3. The quantitative estimate of drug-likeness (QED) is 0.222. The summed E-state index contributed by atoms with van der Waals surface area (Å²) in [5, 5.41) is 5.76. The number of nitrogens with zero attached hydrogens (tertiary/aromatic N) is 5. The molecule has 2 amide bonds. The fraction of sp³-hybridized carbons (Fsp3) is 0.194. The molecule has 46 heavy (non-hydrogen) atoms. The summed E-state index contributed by atoms with van der Waals surface area (Å²) in [4.78, 5) is 48.9. The summed E-state index contributed by atoms with van der Waals surface area (Å²) < 4.78 is 23.2. The highest BCUT2D eigenvalue weighted by molar-refractivity contribution is 5.94. The van der Waals surface area contributed by atoms with E-state index >= 15 is 0 Å². The number of nitrogens with one attached hydrogen (secondary N) is 2. The number of nitrogens with two attached hydrogens (primary N) is 2. The lowest BCUT2D eigenvalue weighted by atomic mass is 10.1. The number of hydrogen-bond acceptors (Lipinski definition) is 13. The highest BCUT2D eigenvalue weighted by atomic mass is 16.4. The van der Waals surface area contributed by atoms with E-state index in [4.69, 9.17) is 29.1 Å². The van der Waals surface area contributed by atoms with E-state index in [1.165, 1.54) is 12.5 Å². The lowest BCUT2D eigenvalue weighted by Gasteiger charge is -2.08. The zero-order valence-corrected chi connectivity index (χ0v) is 24.3. The standard InChI is InChI=1S/C31H27N9O6/c32-9-7-22-24-26(41)34-12-16-3-1-4-17(11-16)13-35-27(42)25-23(8-10-33)46-31(40-25)21-15-44-29(38-21)19-6-2-5-18(36-19)28-37-20(14-43-28)30(39-24)45-22/h1-6,11,14-15H,7-10,12-13,32-33H2,(H,34,41)(H,35,42). The fourth-order valence-electron chi connectivity index (χ4n) is 4.91. The van der Waals surface area contributed by atoms with Gasteiger partial charge in [-0.3, -0.25) is 9.59 Å². The summed E-state index contributed by atoms with van der Waals surface area (Å²) in [7, 11) is 0. The highest BCUT2D eigenvalue weighted by Gasteiger charge is 2.25. The van der Waals surface area contributed by atoms with Crippen molar-refractivity contribution in [3.05, 3.63) is 89.0 Å². The van der Waals surface area contributed by atoms with Gasteiger partial charge >= 0.3 is 0 Å². The number of carbonyl (C=O) groups is 2. The van der Waals surface area contributed by atoms with Crippen molar-refractivity contribution in [1.82, 2.24) is 35.6 Å². The van der Waals surface area contributed by atoms with E-state index in [-0.39, 0.29) is 85.4 Å². The van der Waals surface area contributed by atoms with Gasteiger partial charge in [-0.1, -0.05) is 30.3 Å². The van der Waals surface area contributed by atoms with E-state index < -0.39 is 11.8 Å². The second-order valence-electron chi connectivity index (χ2n) is 10.3. The minimum atomic E-state index is -0.440. The predicted molar refractivity (Wildman–Crippen MR) is 161 cm³/mol. The average molecular weight is 622 g/mol. The molecule has 15 heteroatoms. The number of oxazole rings is 4. The number of hydrogen-bond donors (Lipinski definition) is 4. The smallest absolute Gasteiger partial charge is 0.273 e. The molecule has 0 radical (unpaired) electrons. The number of amides is 2. The van der Waals surface area contributed by atoms with Gasteiger partial charge in [0, 0.05) is 25.9 Å². The molecule has 0 spiro atoms. The Labute approximate surface area is 260 Å². The zero-order chi connectivity index (χ0) is 31.6. The van der Waals surface area contributed by atoms with Crippen LogP contribution in [0.4, 0.5) is 0 Å². The molecule has 1 aliphatic heterocycles.